The molecular formula is C13H14BrClS. The second-order valence-corrected chi connectivity index (χ2v) is 7.94. The van der Waals surface area contributed by atoms with Crippen LogP contribution in [0, 0.1) is 29.6 Å². The molecule has 0 radical (unpaired) electrons. The fourth-order valence-corrected chi connectivity index (χ4v) is 7.08. The Labute approximate surface area is 114 Å². The molecule has 5 unspecified atom stereocenters. The summed E-state index contributed by atoms with van der Waals surface area (Å²) >= 11 is 11.9. The van der Waals surface area contributed by atoms with Gasteiger partial charge in [-0.05, 0) is 60.3 Å². The van der Waals surface area contributed by atoms with Crippen LogP contribution in [0.1, 0.15) is 29.0 Å². The molecule has 1 heterocycles. The van der Waals surface area contributed by atoms with Crippen LogP contribution in [0.15, 0.2) is 11.4 Å². The Hall–Kier alpha value is 0.470. The zero-order valence-corrected chi connectivity index (χ0v) is 12.1. The van der Waals surface area contributed by atoms with Crippen molar-refractivity contribution in [2.75, 3.05) is 0 Å². The number of hydrogen-bond acceptors (Lipinski definition) is 1. The van der Waals surface area contributed by atoms with Gasteiger partial charge in [0.15, 0.2) is 0 Å². The summed E-state index contributed by atoms with van der Waals surface area (Å²) in [6, 6.07) is 2.03. The fourth-order valence-electron chi connectivity index (χ4n) is 4.46. The zero-order chi connectivity index (χ0) is 10.9. The van der Waals surface area contributed by atoms with Gasteiger partial charge in [-0.15, -0.1) is 11.3 Å². The van der Waals surface area contributed by atoms with Crippen molar-refractivity contribution in [3.05, 3.63) is 21.3 Å². The number of alkyl halides is 1. The van der Waals surface area contributed by atoms with Gasteiger partial charge in [0, 0.05) is 4.88 Å². The molecule has 0 spiro atoms. The van der Waals surface area contributed by atoms with Crippen LogP contribution in [0.2, 0.25) is 5.02 Å². The maximum absolute atomic E-state index is 6.23. The van der Waals surface area contributed by atoms with E-state index in [0.717, 1.165) is 34.6 Å². The van der Waals surface area contributed by atoms with E-state index in [1.807, 2.05) is 17.4 Å². The van der Waals surface area contributed by atoms with Crippen molar-refractivity contribution < 1.29 is 0 Å². The average molecular weight is 318 g/mol. The van der Waals surface area contributed by atoms with E-state index in [4.69, 9.17) is 11.6 Å². The van der Waals surface area contributed by atoms with E-state index in [0.29, 0.717) is 4.83 Å². The first-order chi connectivity index (χ1) is 7.77. The maximum atomic E-state index is 6.23. The second kappa shape index (κ2) is 3.49. The summed E-state index contributed by atoms with van der Waals surface area (Å²) in [6.45, 7) is 0. The first-order valence-corrected chi connectivity index (χ1v) is 8.31. The third-order valence-electron chi connectivity index (χ3n) is 5.03. The molecule has 5 atom stereocenters. The average Bonchev–Trinajstić information content (AvgIpc) is 2.67. The van der Waals surface area contributed by atoms with E-state index in [2.05, 4.69) is 21.3 Å². The molecule has 1 aromatic rings. The third kappa shape index (κ3) is 1.27. The molecule has 1 aromatic heterocycles. The molecule has 2 bridgehead atoms. The Morgan fingerprint density at radius 3 is 2.56 bits per heavy atom. The van der Waals surface area contributed by atoms with Crippen LogP contribution in [0.3, 0.4) is 0 Å². The quantitative estimate of drug-likeness (QED) is 0.663. The van der Waals surface area contributed by atoms with E-state index < -0.39 is 0 Å². The molecule has 3 saturated carbocycles. The van der Waals surface area contributed by atoms with E-state index >= 15 is 0 Å². The smallest absolute Gasteiger partial charge is 0.0556 e. The van der Waals surface area contributed by atoms with Gasteiger partial charge in [0.2, 0.25) is 0 Å². The monoisotopic (exact) mass is 316 g/mol. The normalized spacial score (nSPS) is 45.8. The van der Waals surface area contributed by atoms with E-state index in [-0.39, 0.29) is 0 Å². The molecule has 86 valence electrons. The van der Waals surface area contributed by atoms with Gasteiger partial charge in [-0.2, -0.15) is 0 Å². The lowest BCUT2D eigenvalue weighted by molar-refractivity contribution is 0.456. The van der Waals surface area contributed by atoms with E-state index in [1.165, 1.54) is 24.1 Å². The lowest BCUT2D eigenvalue weighted by Gasteiger charge is -2.13. The highest BCUT2D eigenvalue weighted by Gasteiger charge is 2.66. The summed E-state index contributed by atoms with van der Waals surface area (Å²) < 4.78 is 0. The minimum Gasteiger partial charge on any atom is -0.146 e. The number of rotatable bonds is 2. The Balaban J connectivity index is 1.59. The molecule has 3 heteroatoms. The Bertz CT molecular complexity index is 413. The third-order valence-corrected chi connectivity index (χ3v) is 7.84. The van der Waals surface area contributed by atoms with Gasteiger partial charge in [0.1, 0.15) is 0 Å². The van der Waals surface area contributed by atoms with Crippen LogP contribution in [-0.4, -0.2) is 0 Å². The van der Waals surface area contributed by atoms with Crippen LogP contribution < -0.4 is 0 Å². The van der Waals surface area contributed by atoms with Crippen molar-refractivity contribution in [2.24, 2.45) is 29.6 Å². The van der Waals surface area contributed by atoms with Crippen LogP contribution in [0.4, 0.5) is 0 Å². The zero-order valence-electron chi connectivity index (χ0n) is 8.90. The topological polar surface area (TPSA) is 0 Å². The largest absolute Gasteiger partial charge is 0.146 e. The highest BCUT2D eigenvalue weighted by Crippen LogP contribution is 2.73. The highest BCUT2D eigenvalue weighted by atomic mass is 79.9. The van der Waals surface area contributed by atoms with E-state index in [1.54, 1.807) is 0 Å². The van der Waals surface area contributed by atoms with Crippen molar-refractivity contribution in [1.82, 2.24) is 0 Å². The molecule has 0 aromatic carbocycles. The van der Waals surface area contributed by atoms with E-state index in [9.17, 15) is 0 Å². The molecule has 3 aliphatic carbocycles. The van der Waals surface area contributed by atoms with Crippen LogP contribution in [-0.2, 0) is 0 Å². The highest BCUT2D eigenvalue weighted by molar-refractivity contribution is 9.09. The molecule has 0 nitrogen and oxygen atoms in total. The van der Waals surface area contributed by atoms with Crippen LogP contribution in [0.25, 0.3) is 0 Å². The Morgan fingerprint density at radius 2 is 2.00 bits per heavy atom. The predicted molar refractivity (Wildman–Crippen MR) is 72.3 cm³/mol. The van der Waals surface area contributed by atoms with Crippen molar-refractivity contribution in [2.45, 2.75) is 24.1 Å². The van der Waals surface area contributed by atoms with Gasteiger partial charge < -0.3 is 0 Å². The molecular weight excluding hydrogens is 304 g/mol. The van der Waals surface area contributed by atoms with Gasteiger partial charge in [0.25, 0.3) is 0 Å². The number of hydrogen-bond donors (Lipinski definition) is 0. The Morgan fingerprint density at radius 1 is 1.31 bits per heavy atom. The summed E-state index contributed by atoms with van der Waals surface area (Å²) in [6.07, 6.45) is 4.53. The molecule has 4 rings (SSSR count). The summed E-state index contributed by atoms with van der Waals surface area (Å²) in [5, 5.41) is 3.07. The molecule has 16 heavy (non-hydrogen) atoms. The molecule has 0 amide bonds. The van der Waals surface area contributed by atoms with Crippen molar-refractivity contribution in [3.8, 4) is 0 Å². The predicted octanol–water partition coefficient (Wildman–Crippen LogP) is 5.13. The molecule has 0 N–H and O–H groups in total. The standard InChI is InChI=1S/C13H14BrClS/c14-12(13-8(15)3-4-16-13)11-9-6-1-2-7(5-6)10(9)11/h3-4,6-7,9-12H,1-2,5H2. The fraction of sp³-hybridized carbons (Fsp3) is 0.692. The summed E-state index contributed by atoms with van der Waals surface area (Å²) in [7, 11) is 0. The van der Waals surface area contributed by atoms with Gasteiger partial charge in [-0.3, -0.25) is 0 Å². The van der Waals surface area contributed by atoms with Gasteiger partial charge in [0.05, 0.1) is 9.85 Å². The van der Waals surface area contributed by atoms with Crippen LogP contribution >= 0.6 is 38.9 Å². The number of halogens is 2. The van der Waals surface area contributed by atoms with Gasteiger partial charge in [-0.25, -0.2) is 0 Å². The summed E-state index contributed by atoms with van der Waals surface area (Å²) in [5.74, 6) is 5.06. The molecule has 3 aliphatic rings. The van der Waals surface area contributed by atoms with Crippen LogP contribution in [0.5, 0.6) is 0 Å². The van der Waals surface area contributed by atoms with Gasteiger partial charge in [-0.1, -0.05) is 27.5 Å². The lowest BCUT2D eigenvalue weighted by atomic mass is 10.00. The van der Waals surface area contributed by atoms with Crippen molar-refractivity contribution in [1.29, 1.82) is 0 Å². The van der Waals surface area contributed by atoms with Gasteiger partial charge >= 0.3 is 0 Å². The molecule has 0 aliphatic heterocycles. The second-order valence-electron chi connectivity index (χ2n) is 5.60. The minimum atomic E-state index is 0.526. The van der Waals surface area contributed by atoms with Crippen molar-refractivity contribution in [3.63, 3.8) is 0 Å². The van der Waals surface area contributed by atoms with Crippen molar-refractivity contribution >= 4 is 38.9 Å². The molecule has 3 fully saturated rings. The lowest BCUT2D eigenvalue weighted by Crippen LogP contribution is -2.02. The SMILES string of the molecule is Clc1ccsc1C(Br)C1C2C3CCC(C3)C21. The first-order valence-electron chi connectivity index (χ1n) is 6.14. The Kier molecular flexibility index (Phi) is 2.27. The number of thiophene rings is 1. The summed E-state index contributed by atoms with van der Waals surface area (Å²) in [5.41, 5.74) is 0. The summed E-state index contributed by atoms with van der Waals surface area (Å²) in [4.78, 5) is 1.89. The minimum absolute atomic E-state index is 0.526. The molecule has 0 saturated heterocycles. The number of fused-ring (bicyclic) bond motifs is 5. The first kappa shape index (κ1) is 10.4. The maximum Gasteiger partial charge on any atom is 0.0556 e.